The first-order valence-corrected chi connectivity index (χ1v) is 7.29. The highest BCUT2D eigenvalue weighted by Crippen LogP contribution is 2.29. The van der Waals surface area contributed by atoms with Crippen LogP contribution in [0.4, 0.5) is 5.82 Å². The van der Waals surface area contributed by atoms with Gasteiger partial charge in [-0.1, -0.05) is 12.8 Å². The minimum atomic E-state index is 0.595. The topological polar surface area (TPSA) is 29.9 Å². The van der Waals surface area contributed by atoms with Gasteiger partial charge in [0.2, 0.25) is 0 Å². The van der Waals surface area contributed by atoms with E-state index in [1.54, 1.807) is 0 Å². The number of aryl methyl sites for hydroxylation is 2. The van der Waals surface area contributed by atoms with E-state index in [2.05, 4.69) is 29.7 Å². The van der Waals surface area contributed by atoms with E-state index in [0.29, 0.717) is 6.04 Å². The molecular formula is C12H21N3S. The minimum absolute atomic E-state index is 0.595. The summed E-state index contributed by atoms with van der Waals surface area (Å²) in [5.41, 5.74) is 1.21. The predicted octanol–water partition coefficient (Wildman–Crippen LogP) is 2.81. The van der Waals surface area contributed by atoms with E-state index in [4.69, 9.17) is 0 Å². The lowest BCUT2D eigenvalue weighted by atomic mass is 9.95. The fraction of sp³-hybridized carbons (Fsp3) is 0.750. The van der Waals surface area contributed by atoms with E-state index >= 15 is 0 Å². The molecule has 1 aromatic rings. The van der Waals surface area contributed by atoms with Crippen molar-refractivity contribution in [3.05, 3.63) is 11.8 Å². The second-order valence-corrected chi connectivity index (χ2v) is 5.68. The molecule has 0 spiro atoms. The maximum atomic E-state index is 4.47. The number of rotatable bonds is 3. The van der Waals surface area contributed by atoms with Crippen molar-refractivity contribution in [2.24, 2.45) is 7.05 Å². The van der Waals surface area contributed by atoms with Crippen molar-refractivity contribution in [2.75, 3.05) is 11.6 Å². The van der Waals surface area contributed by atoms with Crippen LogP contribution in [0.15, 0.2) is 6.07 Å². The van der Waals surface area contributed by atoms with E-state index in [1.165, 1.54) is 31.4 Å². The van der Waals surface area contributed by atoms with Gasteiger partial charge in [0.15, 0.2) is 0 Å². The van der Waals surface area contributed by atoms with Crippen molar-refractivity contribution < 1.29 is 0 Å². The Labute approximate surface area is 102 Å². The highest BCUT2D eigenvalue weighted by Gasteiger charge is 2.24. The molecule has 1 heterocycles. The maximum absolute atomic E-state index is 4.47. The lowest BCUT2D eigenvalue weighted by Gasteiger charge is -2.30. The first-order chi connectivity index (χ1) is 7.70. The third-order valence-electron chi connectivity index (χ3n) is 3.45. The van der Waals surface area contributed by atoms with E-state index in [0.717, 1.165) is 11.1 Å². The molecule has 1 fully saturated rings. The predicted molar refractivity (Wildman–Crippen MR) is 71.1 cm³/mol. The quantitative estimate of drug-likeness (QED) is 0.879. The summed E-state index contributed by atoms with van der Waals surface area (Å²) in [6.45, 7) is 2.09. The van der Waals surface area contributed by atoms with Crippen LogP contribution >= 0.6 is 11.8 Å². The molecule has 2 rings (SSSR count). The highest BCUT2D eigenvalue weighted by atomic mass is 32.2. The summed E-state index contributed by atoms with van der Waals surface area (Å²) in [4.78, 5) is 0. The van der Waals surface area contributed by atoms with Gasteiger partial charge in [-0.25, -0.2) is 0 Å². The van der Waals surface area contributed by atoms with Crippen LogP contribution in [0, 0.1) is 6.92 Å². The Bertz CT molecular complexity index is 329. The summed E-state index contributed by atoms with van der Waals surface area (Å²) in [5.74, 6) is 1.03. The van der Waals surface area contributed by atoms with Gasteiger partial charge < -0.3 is 5.32 Å². The second-order valence-electron chi connectivity index (χ2n) is 4.60. The summed E-state index contributed by atoms with van der Waals surface area (Å²) in [7, 11) is 1.99. The van der Waals surface area contributed by atoms with Crippen molar-refractivity contribution in [3.63, 3.8) is 0 Å². The summed E-state index contributed by atoms with van der Waals surface area (Å²) >= 11 is 1.99. The zero-order chi connectivity index (χ0) is 11.5. The van der Waals surface area contributed by atoms with Crippen LogP contribution in [-0.4, -0.2) is 27.3 Å². The van der Waals surface area contributed by atoms with Gasteiger partial charge in [0.25, 0.3) is 0 Å². The van der Waals surface area contributed by atoms with E-state index in [1.807, 2.05) is 23.5 Å². The molecule has 0 saturated heterocycles. The molecule has 4 heteroatoms. The molecule has 0 aromatic carbocycles. The number of nitrogens with one attached hydrogen (secondary N) is 1. The molecule has 1 aliphatic carbocycles. The number of hydrogen-bond donors (Lipinski definition) is 1. The van der Waals surface area contributed by atoms with Gasteiger partial charge in [0.1, 0.15) is 5.82 Å². The lowest BCUT2D eigenvalue weighted by Crippen LogP contribution is -2.34. The number of nitrogens with zero attached hydrogens (tertiary/aromatic N) is 2. The van der Waals surface area contributed by atoms with Crippen LogP contribution in [0.25, 0.3) is 0 Å². The Hall–Kier alpha value is -0.640. The summed E-state index contributed by atoms with van der Waals surface area (Å²) in [6, 6.07) is 2.73. The van der Waals surface area contributed by atoms with Gasteiger partial charge in [0.05, 0.1) is 0 Å². The Morgan fingerprint density at radius 3 is 2.81 bits per heavy atom. The molecule has 0 amide bonds. The number of anilines is 1. The highest BCUT2D eigenvalue weighted by molar-refractivity contribution is 7.99. The van der Waals surface area contributed by atoms with Gasteiger partial charge in [-0.3, -0.25) is 4.68 Å². The summed E-state index contributed by atoms with van der Waals surface area (Å²) < 4.78 is 1.93. The molecule has 2 unspecified atom stereocenters. The smallest absolute Gasteiger partial charge is 0.148 e. The summed E-state index contributed by atoms with van der Waals surface area (Å²) in [5, 5.41) is 8.81. The van der Waals surface area contributed by atoms with Gasteiger partial charge >= 0.3 is 0 Å². The van der Waals surface area contributed by atoms with Crippen LogP contribution < -0.4 is 5.32 Å². The van der Waals surface area contributed by atoms with Gasteiger partial charge in [-0.2, -0.15) is 16.9 Å². The summed E-state index contributed by atoms with van der Waals surface area (Å²) in [6.07, 6.45) is 7.56. The van der Waals surface area contributed by atoms with Crippen molar-refractivity contribution in [3.8, 4) is 0 Å². The maximum Gasteiger partial charge on any atom is 0.148 e. The van der Waals surface area contributed by atoms with E-state index in [-0.39, 0.29) is 0 Å². The number of aromatic nitrogens is 2. The number of thioether (sulfide) groups is 1. The normalized spacial score (nSPS) is 25.7. The Morgan fingerprint density at radius 1 is 1.44 bits per heavy atom. The lowest BCUT2D eigenvalue weighted by molar-refractivity contribution is 0.473. The van der Waals surface area contributed by atoms with Crippen LogP contribution in [0.2, 0.25) is 0 Å². The van der Waals surface area contributed by atoms with Gasteiger partial charge in [-0.15, -0.1) is 0 Å². The van der Waals surface area contributed by atoms with Crippen LogP contribution in [-0.2, 0) is 7.05 Å². The number of hydrogen-bond acceptors (Lipinski definition) is 3. The van der Waals surface area contributed by atoms with Crippen LogP contribution in [0.5, 0.6) is 0 Å². The van der Waals surface area contributed by atoms with Crippen molar-refractivity contribution in [1.82, 2.24) is 9.78 Å². The third-order valence-corrected chi connectivity index (χ3v) is 4.62. The molecule has 0 aliphatic heterocycles. The van der Waals surface area contributed by atoms with Crippen LogP contribution in [0.1, 0.15) is 31.4 Å². The molecule has 1 saturated carbocycles. The average molecular weight is 239 g/mol. The van der Waals surface area contributed by atoms with Gasteiger partial charge in [-0.05, 0) is 26.0 Å². The Kier molecular flexibility index (Phi) is 3.79. The zero-order valence-corrected chi connectivity index (χ0v) is 11.2. The molecule has 1 N–H and O–H groups in total. The van der Waals surface area contributed by atoms with Crippen molar-refractivity contribution in [2.45, 2.75) is 43.9 Å². The fourth-order valence-electron chi connectivity index (χ4n) is 2.37. The first kappa shape index (κ1) is 11.8. The Balaban J connectivity index is 2.02. The molecule has 1 aliphatic rings. The second kappa shape index (κ2) is 5.13. The first-order valence-electron chi connectivity index (χ1n) is 6.00. The van der Waals surface area contributed by atoms with Crippen LogP contribution in [0.3, 0.4) is 0 Å². The largest absolute Gasteiger partial charge is 0.365 e. The molecule has 16 heavy (non-hydrogen) atoms. The Morgan fingerprint density at radius 2 is 2.19 bits per heavy atom. The standard InChI is InChI=1S/C12H21N3S/c1-9-8-12(14-15(9)2)13-10-6-4-5-7-11(10)16-3/h8,10-11H,4-7H2,1-3H3,(H,13,14). The van der Waals surface area contributed by atoms with Crippen molar-refractivity contribution >= 4 is 17.6 Å². The van der Waals surface area contributed by atoms with Gasteiger partial charge in [0, 0.05) is 30.1 Å². The van der Waals surface area contributed by atoms with Crippen molar-refractivity contribution in [1.29, 1.82) is 0 Å². The monoisotopic (exact) mass is 239 g/mol. The zero-order valence-electron chi connectivity index (χ0n) is 10.4. The average Bonchev–Trinajstić information content (AvgIpc) is 2.59. The van der Waals surface area contributed by atoms with E-state index < -0.39 is 0 Å². The molecule has 90 valence electrons. The third kappa shape index (κ3) is 2.54. The minimum Gasteiger partial charge on any atom is -0.365 e. The molecule has 2 atom stereocenters. The molecule has 3 nitrogen and oxygen atoms in total. The molecule has 1 aromatic heterocycles. The SMILES string of the molecule is CSC1CCCCC1Nc1cc(C)n(C)n1. The molecule has 0 bridgehead atoms. The molecule has 0 radical (unpaired) electrons. The molecular weight excluding hydrogens is 218 g/mol. The fourth-order valence-corrected chi connectivity index (χ4v) is 3.30. The van der Waals surface area contributed by atoms with E-state index in [9.17, 15) is 0 Å².